The zero-order chi connectivity index (χ0) is 23.3. The molecule has 8 heteroatoms. The summed E-state index contributed by atoms with van der Waals surface area (Å²) in [4.78, 5) is 48.2. The molecule has 4 N–H and O–H groups in total. The highest BCUT2D eigenvalue weighted by Gasteiger charge is 2.24. The molecule has 0 saturated heterocycles. The molecule has 0 aliphatic heterocycles. The summed E-state index contributed by atoms with van der Waals surface area (Å²) in [5, 5.41) is 11.4. The van der Waals surface area contributed by atoms with Crippen molar-refractivity contribution in [1.82, 2.24) is 21.3 Å². The highest BCUT2D eigenvalue weighted by molar-refractivity contribution is 5.92. The molecule has 0 rings (SSSR count). The van der Waals surface area contributed by atoms with Crippen LogP contribution in [0.4, 0.5) is 0 Å². The summed E-state index contributed by atoms with van der Waals surface area (Å²) in [7, 11) is 0. The molecule has 0 heterocycles. The van der Waals surface area contributed by atoms with E-state index in [9.17, 15) is 19.2 Å². The van der Waals surface area contributed by atoms with Crippen molar-refractivity contribution in [3.63, 3.8) is 0 Å². The van der Waals surface area contributed by atoms with E-state index in [-0.39, 0.29) is 48.1 Å². The van der Waals surface area contributed by atoms with Gasteiger partial charge >= 0.3 is 0 Å². The van der Waals surface area contributed by atoms with Crippen molar-refractivity contribution >= 4 is 23.5 Å². The number of carbonyl (C=O) groups is 4. The van der Waals surface area contributed by atoms with Crippen molar-refractivity contribution < 1.29 is 19.2 Å². The van der Waals surface area contributed by atoms with Crippen molar-refractivity contribution in [3.8, 4) is 0 Å². The van der Waals surface area contributed by atoms with E-state index in [0.717, 1.165) is 6.42 Å². The number of nitrogens with one attached hydrogen (secondary N) is 4. The second-order valence-electron chi connectivity index (χ2n) is 8.88. The van der Waals surface area contributed by atoms with E-state index in [4.69, 9.17) is 0 Å². The first-order valence-electron chi connectivity index (χ1n) is 11.0. The van der Waals surface area contributed by atoms with Crippen LogP contribution in [-0.2, 0) is 19.2 Å². The standard InChI is InChI=1S/C22H42N4O4/c1-14(2)12-19(25-16(5)6)22(30)24-13-20(28)26-18(21(29)15(3)4)10-8-9-11-23-17(7)27/h14-16,18-19,25H,8-13H2,1-7H3,(H,23,27)(H,24,30)(H,26,28)/t18-,19-/m0/s1. The Hall–Kier alpha value is -1.96. The Morgan fingerprint density at radius 2 is 1.47 bits per heavy atom. The van der Waals surface area contributed by atoms with Gasteiger partial charge in [-0.05, 0) is 31.6 Å². The van der Waals surface area contributed by atoms with Crippen molar-refractivity contribution in [2.45, 2.75) is 92.3 Å². The molecule has 174 valence electrons. The smallest absolute Gasteiger partial charge is 0.239 e. The minimum absolute atomic E-state index is 0.0339. The minimum Gasteiger partial charge on any atom is -0.356 e. The summed E-state index contributed by atoms with van der Waals surface area (Å²) < 4.78 is 0. The molecular formula is C22H42N4O4. The molecule has 0 radical (unpaired) electrons. The quantitative estimate of drug-likeness (QED) is 0.296. The van der Waals surface area contributed by atoms with Crippen molar-refractivity contribution in [1.29, 1.82) is 0 Å². The van der Waals surface area contributed by atoms with Gasteiger partial charge in [0.1, 0.15) is 0 Å². The summed E-state index contributed by atoms with van der Waals surface area (Å²) in [6.45, 7) is 13.5. The van der Waals surface area contributed by atoms with Crippen LogP contribution in [-0.4, -0.2) is 54.7 Å². The number of unbranched alkanes of at least 4 members (excludes halogenated alkanes) is 1. The summed E-state index contributed by atoms with van der Waals surface area (Å²) in [6.07, 6.45) is 2.60. The fourth-order valence-electron chi connectivity index (χ4n) is 3.09. The Labute approximate surface area is 181 Å². The molecule has 0 fully saturated rings. The Morgan fingerprint density at radius 3 is 1.97 bits per heavy atom. The molecule has 0 saturated carbocycles. The fourth-order valence-corrected chi connectivity index (χ4v) is 3.09. The zero-order valence-corrected chi connectivity index (χ0v) is 19.8. The van der Waals surface area contributed by atoms with Gasteiger partial charge in [-0.2, -0.15) is 0 Å². The lowest BCUT2D eigenvalue weighted by atomic mass is 9.97. The lowest BCUT2D eigenvalue weighted by Gasteiger charge is -2.23. The first-order valence-corrected chi connectivity index (χ1v) is 11.0. The topological polar surface area (TPSA) is 116 Å². The number of rotatable bonds is 15. The van der Waals surface area contributed by atoms with Crippen LogP contribution in [0.5, 0.6) is 0 Å². The van der Waals surface area contributed by atoms with Gasteiger partial charge in [-0.15, -0.1) is 0 Å². The predicted octanol–water partition coefficient (Wildman–Crippen LogP) is 1.53. The maximum atomic E-state index is 12.5. The molecule has 0 aliphatic carbocycles. The molecule has 0 bridgehead atoms. The number of amides is 3. The molecule has 8 nitrogen and oxygen atoms in total. The third kappa shape index (κ3) is 13.3. The summed E-state index contributed by atoms with van der Waals surface area (Å²) >= 11 is 0. The van der Waals surface area contributed by atoms with Crippen molar-refractivity contribution in [2.24, 2.45) is 11.8 Å². The molecule has 0 aliphatic rings. The van der Waals surface area contributed by atoms with Crippen molar-refractivity contribution in [3.05, 3.63) is 0 Å². The SMILES string of the molecule is CC(=O)NCCCC[C@H](NC(=O)CNC(=O)[C@H](CC(C)C)NC(C)C)C(=O)C(C)C. The van der Waals surface area contributed by atoms with Gasteiger partial charge in [0.05, 0.1) is 18.6 Å². The van der Waals surface area contributed by atoms with Crippen molar-refractivity contribution in [2.75, 3.05) is 13.1 Å². The normalized spacial score (nSPS) is 13.3. The molecular weight excluding hydrogens is 384 g/mol. The van der Waals surface area contributed by atoms with Crippen LogP contribution in [0.25, 0.3) is 0 Å². The number of hydrogen-bond acceptors (Lipinski definition) is 5. The fraction of sp³-hybridized carbons (Fsp3) is 0.818. The lowest BCUT2D eigenvalue weighted by Crippen LogP contribution is -2.51. The summed E-state index contributed by atoms with van der Waals surface area (Å²) in [6, 6.07) is -0.800. The van der Waals surface area contributed by atoms with Crippen LogP contribution in [0.3, 0.4) is 0 Å². The minimum atomic E-state index is -0.591. The monoisotopic (exact) mass is 426 g/mol. The van der Waals surface area contributed by atoms with Crippen LogP contribution >= 0.6 is 0 Å². The second-order valence-corrected chi connectivity index (χ2v) is 8.88. The van der Waals surface area contributed by atoms with Gasteiger partial charge in [-0.1, -0.05) is 41.5 Å². The molecule has 0 aromatic carbocycles. The van der Waals surface area contributed by atoms with Crippen LogP contribution in [0.2, 0.25) is 0 Å². The van der Waals surface area contributed by atoms with E-state index in [1.54, 1.807) is 13.8 Å². The molecule has 3 amide bonds. The Balaban J connectivity index is 4.68. The van der Waals surface area contributed by atoms with Gasteiger partial charge in [-0.3, -0.25) is 19.2 Å². The molecule has 2 atom stereocenters. The Morgan fingerprint density at radius 1 is 0.833 bits per heavy atom. The third-order valence-electron chi connectivity index (χ3n) is 4.52. The first kappa shape index (κ1) is 28.0. The van der Waals surface area contributed by atoms with E-state index in [0.29, 0.717) is 31.7 Å². The number of hydrogen-bond donors (Lipinski definition) is 4. The number of carbonyl (C=O) groups excluding carboxylic acids is 4. The first-order chi connectivity index (χ1) is 13.9. The highest BCUT2D eigenvalue weighted by Crippen LogP contribution is 2.08. The number of Topliss-reactive ketones (excluding diaryl/α,β-unsaturated/α-hetero) is 1. The average molecular weight is 427 g/mol. The Kier molecular flexibility index (Phi) is 14.0. The van der Waals surface area contributed by atoms with Crippen LogP contribution in [0.1, 0.15) is 74.1 Å². The predicted molar refractivity (Wildman–Crippen MR) is 119 cm³/mol. The van der Waals surface area contributed by atoms with Gasteiger partial charge in [-0.25, -0.2) is 0 Å². The molecule has 30 heavy (non-hydrogen) atoms. The van der Waals surface area contributed by atoms with Gasteiger partial charge in [0, 0.05) is 25.4 Å². The summed E-state index contributed by atoms with van der Waals surface area (Å²) in [5.41, 5.74) is 0. The van der Waals surface area contributed by atoms with Crippen LogP contribution < -0.4 is 21.3 Å². The van der Waals surface area contributed by atoms with Gasteiger partial charge in [0.2, 0.25) is 17.7 Å². The highest BCUT2D eigenvalue weighted by atomic mass is 16.2. The summed E-state index contributed by atoms with van der Waals surface area (Å²) in [5.74, 6) is -0.575. The van der Waals surface area contributed by atoms with E-state index in [2.05, 4.69) is 21.3 Å². The second kappa shape index (κ2) is 14.9. The van der Waals surface area contributed by atoms with Gasteiger partial charge in [0.25, 0.3) is 0 Å². The molecule has 0 aromatic rings. The number of ketones is 1. The van der Waals surface area contributed by atoms with Crippen LogP contribution in [0.15, 0.2) is 0 Å². The average Bonchev–Trinajstić information content (AvgIpc) is 2.62. The van der Waals surface area contributed by atoms with Gasteiger partial charge < -0.3 is 21.3 Å². The zero-order valence-electron chi connectivity index (χ0n) is 19.8. The van der Waals surface area contributed by atoms with E-state index in [1.165, 1.54) is 6.92 Å². The molecule has 0 unspecified atom stereocenters. The van der Waals surface area contributed by atoms with E-state index in [1.807, 2.05) is 27.7 Å². The maximum Gasteiger partial charge on any atom is 0.239 e. The van der Waals surface area contributed by atoms with Crippen LogP contribution in [0, 0.1) is 11.8 Å². The Bertz CT molecular complexity index is 551. The molecule has 0 aromatic heterocycles. The van der Waals surface area contributed by atoms with Gasteiger partial charge in [0.15, 0.2) is 5.78 Å². The maximum absolute atomic E-state index is 12.5. The molecule has 0 spiro atoms. The third-order valence-corrected chi connectivity index (χ3v) is 4.52. The van der Waals surface area contributed by atoms with E-state index >= 15 is 0 Å². The largest absolute Gasteiger partial charge is 0.356 e. The van der Waals surface area contributed by atoms with E-state index < -0.39 is 6.04 Å². The lowest BCUT2D eigenvalue weighted by molar-refractivity contribution is -0.130.